The van der Waals surface area contributed by atoms with Crippen molar-refractivity contribution in [2.75, 3.05) is 12.4 Å². The number of esters is 1. The zero-order valence-corrected chi connectivity index (χ0v) is 15.6. The van der Waals surface area contributed by atoms with Gasteiger partial charge in [0.25, 0.3) is 5.91 Å². The largest absolute Gasteiger partial charge is 0.456 e. The molecule has 1 aromatic rings. The first-order valence-electron chi connectivity index (χ1n) is 7.86. The second-order valence-electron chi connectivity index (χ2n) is 6.20. The SMILES string of the molecule is CC(C)[C@@](C)(C#N)NC(=O)COC(=O)CCS(=O)(=O)c1ccc(F)cc1. The van der Waals surface area contributed by atoms with Gasteiger partial charge in [0.1, 0.15) is 11.4 Å². The maximum absolute atomic E-state index is 12.8. The number of carbonyl (C=O) groups excluding carboxylic acids is 2. The minimum absolute atomic E-state index is 0.105. The maximum Gasteiger partial charge on any atom is 0.307 e. The number of nitrogens with zero attached hydrogens (tertiary/aromatic N) is 1. The van der Waals surface area contributed by atoms with Crippen molar-refractivity contribution in [3.8, 4) is 6.07 Å². The number of sulfone groups is 1. The van der Waals surface area contributed by atoms with Crippen LogP contribution < -0.4 is 5.32 Å². The molecule has 0 fully saturated rings. The van der Waals surface area contributed by atoms with E-state index in [2.05, 4.69) is 5.32 Å². The summed E-state index contributed by atoms with van der Waals surface area (Å²) < 4.78 is 41.7. The molecule has 9 heteroatoms. The number of halogens is 1. The van der Waals surface area contributed by atoms with Gasteiger partial charge in [0.2, 0.25) is 0 Å². The zero-order chi connectivity index (χ0) is 20.0. The number of amides is 1. The summed E-state index contributed by atoms with van der Waals surface area (Å²) in [7, 11) is -3.77. The van der Waals surface area contributed by atoms with E-state index in [9.17, 15) is 22.4 Å². The molecule has 1 atom stereocenters. The minimum atomic E-state index is -3.77. The van der Waals surface area contributed by atoms with Crippen molar-refractivity contribution >= 4 is 21.7 Å². The van der Waals surface area contributed by atoms with Gasteiger partial charge in [-0.3, -0.25) is 9.59 Å². The molecule has 0 aliphatic rings. The third kappa shape index (κ3) is 6.11. The molecule has 0 spiro atoms. The molecule has 0 aromatic heterocycles. The molecule has 0 unspecified atom stereocenters. The van der Waals surface area contributed by atoms with Crippen LogP contribution in [0.1, 0.15) is 27.2 Å². The average Bonchev–Trinajstić information content (AvgIpc) is 2.58. The molecular weight excluding hydrogens is 363 g/mol. The molecule has 0 saturated carbocycles. The van der Waals surface area contributed by atoms with Crippen molar-refractivity contribution in [2.24, 2.45) is 5.92 Å². The van der Waals surface area contributed by atoms with Crippen LogP contribution in [0.5, 0.6) is 0 Å². The Balaban J connectivity index is 2.51. The van der Waals surface area contributed by atoms with Crippen molar-refractivity contribution < 1.29 is 27.1 Å². The van der Waals surface area contributed by atoms with Crippen molar-refractivity contribution in [1.82, 2.24) is 5.32 Å². The Morgan fingerprint density at radius 1 is 1.31 bits per heavy atom. The van der Waals surface area contributed by atoms with E-state index in [1.54, 1.807) is 20.8 Å². The van der Waals surface area contributed by atoms with Crippen molar-refractivity contribution in [1.29, 1.82) is 5.26 Å². The number of nitriles is 1. The molecule has 1 aromatic carbocycles. The van der Waals surface area contributed by atoms with Gasteiger partial charge >= 0.3 is 5.97 Å². The first kappa shape index (κ1) is 21.6. The molecule has 26 heavy (non-hydrogen) atoms. The summed E-state index contributed by atoms with van der Waals surface area (Å²) in [6.45, 7) is 4.46. The topological polar surface area (TPSA) is 113 Å². The van der Waals surface area contributed by atoms with Gasteiger partial charge in [-0.1, -0.05) is 13.8 Å². The van der Waals surface area contributed by atoms with Crippen molar-refractivity contribution in [3.63, 3.8) is 0 Å². The Kier molecular flexibility index (Phi) is 7.27. The lowest BCUT2D eigenvalue weighted by Gasteiger charge is -2.27. The summed E-state index contributed by atoms with van der Waals surface area (Å²) in [6.07, 6.45) is -0.452. The molecule has 0 saturated heterocycles. The Morgan fingerprint density at radius 2 is 1.88 bits per heavy atom. The lowest BCUT2D eigenvalue weighted by atomic mass is 9.90. The van der Waals surface area contributed by atoms with Crippen LogP contribution in [-0.4, -0.2) is 38.2 Å². The lowest BCUT2D eigenvalue weighted by molar-refractivity contribution is -0.148. The number of hydrogen-bond acceptors (Lipinski definition) is 6. The molecule has 142 valence electrons. The fraction of sp³-hybridized carbons (Fsp3) is 0.471. The van der Waals surface area contributed by atoms with Gasteiger partial charge in [-0.15, -0.1) is 0 Å². The molecule has 7 nitrogen and oxygen atoms in total. The highest BCUT2D eigenvalue weighted by Crippen LogP contribution is 2.15. The van der Waals surface area contributed by atoms with Crippen LogP contribution in [0.25, 0.3) is 0 Å². The molecular formula is C17H21FN2O5S. The third-order valence-corrected chi connectivity index (χ3v) is 5.63. The van der Waals surface area contributed by atoms with E-state index < -0.39 is 51.9 Å². The number of rotatable bonds is 8. The molecule has 0 bridgehead atoms. The van der Waals surface area contributed by atoms with Gasteiger partial charge in [0.05, 0.1) is 23.1 Å². The van der Waals surface area contributed by atoms with Crippen LogP contribution in [0.3, 0.4) is 0 Å². The van der Waals surface area contributed by atoms with Gasteiger partial charge < -0.3 is 10.1 Å². The standard InChI is InChI=1S/C17H21FN2O5S/c1-12(2)17(3,11-19)20-15(21)10-25-16(22)8-9-26(23,24)14-6-4-13(18)5-7-14/h4-7,12H,8-10H2,1-3H3,(H,20,21)/t17-/m1/s1. The fourth-order valence-corrected chi connectivity index (χ4v) is 3.04. The smallest absolute Gasteiger partial charge is 0.307 e. The van der Waals surface area contributed by atoms with Gasteiger partial charge in [0, 0.05) is 0 Å². The number of benzene rings is 1. The normalized spacial score (nSPS) is 13.5. The number of nitrogens with one attached hydrogen (secondary N) is 1. The Morgan fingerprint density at radius 3 is 2.38 bits per heavy atom. The highest BCUT2D eigenvalue weighted by atomic mass is 32.2. The van der Waals surface area contributed by atoms with Crippen LogP contribution in [0.2, 0.25) is 0 Å². The van der Waals surface area contributed by atoms with E-state index in [0.29, 0.717) is 0 Å². The molecule has 0 radical (unpaired) electrons. The fourth-order valence-electron chi connectivity index (χ4n) is 1.82. The summed E-state index contributed by atoms with van der Waals surface area (Å²) in [5.41, 5.74) is -1.10. The van der Waals surface area contributed by atoms with Gasteiger partial charge in [-0.05, 0) is 37.1 Å². The Bertz CT molecular complexity index is 799. The van der Waals surface area contributed by atoms with Crippen LogP contribution in [0.4, 0.5) is 4.39 Å². The van der Waals surface area contributed by atoms with Crippen LogP contribution in [0.15, 0.2) is 29.2 Å². The van der Waals surface area contributed by atoms with E-state index >= 15 is 0 Å². The van der Waals surface area contributed by atoms with E-state index in [4.69, 9.17) is 10.00 Å². The molecule has 1 amide bonds. The van der Waals surface area contributed by atoms with Gasteiger partial charge in [-0.25, -0.2) is 12.8 Å². The minimum Gasteiger partial charge on any atom is -0.456 e. The average molecular weight is 384 g/mol. The van der Waals surface area contributed by atoms with Gasteiger partial charge in [-0.2, -0.15) is 5.26 Å². The molecule has 0 heterocycles. The number of carbonyl (C=O) groups is 2. The summed E-state index contributed by atoms with van der Waals surface area (Å²) in [6, 6.07) is 6.22. The summed E-state index contributed by atoms with van der Waals surface area (Å²) >= 11 is 0. The molecule has 0 aliphatic carbocycles. The van der Waals surface area contributed by atoms with E-state index in [1.165, 1.54) is 0 Å². The van der Waals surface area contributed by atoms with E-state index in [1.807, 2.05) is 6.07 Å². The third-order valence-electron chi connectivity index (χ3n) is 3.90. The van der Waals surface area contributed by atoms with E-state index in [-0.39, 0.29) is 10.8 Å². The lowest BCUT2D eigenvalue weighted by Crippen LogP contribution is -2.50. The predicted molar refractivity (Wildman–Crippen MR) is 91.0 cm³/mol. The summed E-state index contributed by atoms with van der Waals surface area (Å²) in [4.78, 5) is 23.3. The highest BCUT2D eigenvalue weighted by molar-refractivity contribution is 7.91. The van der Waals surface area contributed by atoms with Gasteiger partial charge in [0.15, 0.2) is 16.4 Å². The maximum atomic E-state index is 12.8. The zero-order valence-electron chi connectivity index (χ0n) is 14.8. The quantitative estimate of drug-likeness (QED) is 0.538. The second-order valence-corrected chi connectivity index (χ2v) is 8.31. The molecule has 0 aliphatic heterocycles. The predicted octanol–water partition coefficient (Wildman–Crippen LogP) is 1.59. The van der Waals surface area contributed by atoms with Crippen molar-refractivity contribution in [2.45, 2.75) is 37.6 Å². The first-order valence-corrected chi connectivity index (χ1v) is 9.51. The summed E-state index contributed by atoms with van der Waals surface area (Å²) in [5.74, 6) is -2.78. The van der Waals surface area contributed by atoms with Crippen molar-refractivity contribution in [3.05, 3.63) is 30.1 Å². The molecule has 1 N–H and O–H groups in total. The summed E-state index contributed by atoms with van der Waals surface area (Å²) in [5, 5.41) is 11.6. The van der Waals surface area contributed by atoms with Crippen LogP contribution in [-0.2, 0) is 24.2 Å². The molecule has 1 rings (SSSR count). The Hall–Kier alpha value is -2.47. The number of hydrogen-bond donors (Lipinski definition) is 1. The Labute approximate surface area is 152 Å². The second kappa shape index (κ2) is 8.76. The highest BCUT2D eigenvalue weighted by Gasteiger charge is 2.30. The number of ether oxygens (including phenoxy) is 1. The van der Waals surface area contributed by atoms with Crippen LogP contribution >= 0.6 is 0 Å². The monoisotopic (exact) mass is 384 g/mol. The van der Waals surface area contributed by atoms with Crippen LogP contribution in [0, 0.1) is 23.1 Å². The van der Waals surface area contributed by atoms with E-state index in [0.717, 1.165) is 24.3 Å². The first-order chi connectivity index (χ1) is 12.0.